The summed E-state index contributed by atoms with van der Waals surface area (Å²) in [6.45, 7) is 5.32. The molecule has 1 aliphatic rings. The maximum Gasteiger partial charge on any atom is 0.0213 e. The zero-order chi connectivity index (χ0) is 11.8. The lowest BCUT2D eigenvalue weighted by Crippen LogP contribution is -2.33. The summed E-state index contributed by atoms with van der Waals surface area (Å²) in [4.78, 5) is 0. The number of hydrogen-bond donors (Lipinski definition) is 1. The Balaban J connectivity index is 2.47. The van der Waals surface area contributed by atoms with Crippen molar-refractivity contribution in [3.05, 3.63) is 33.8 Å². The fourth-order valence-electron chi connectivity index (χ4n) is 2.75. The molecule has 16 heavy (non-hydrogen) atoms. The molecular weight excluding hydrogens is 262 g/mol. The van der Waals surface area contributed by atoms with Crippen LogP contribution in [0.15, 0.2) is 22.7 Å². The molecule has 0 fully saturated rings. The number of hydrogen-bond acceptors (Lipinski definition) is 1. The topological polar surface area (TPSA) is 26.0 Å². The molecule has 1 atom stereocenters. The summed E-state index contributed by atoms with van der Waals surface area (Å²) in [6, 6.07) is 6.56. The van der Waals surface area contributed by atoms with Gasteiger partial charge in [-0.15, -0.1) is 0 Å². The van der Waals surface area contributed by atoms with Crippen LogP contribution in [0.25, 0.3) is 0 Å². The van der Waals surface area contributed by atoms with Gasteiger partial charge in [-0.1, -0.05) is 41.9 Å². The van der Waals surface area contributed by atoms with E-state index in [0.29, 0.717) is 5.92 Å². The van der Waals surface area contributed by atoms with Gasteiger partial charge in [0.1, 0.15) is 0 Å². The van der Waals surface area contributed by atoms with Gasteiger partial charge in [0.05, 0.1) is 0 Å². The Kier molecular flexibility index (Phi) is 3.41. The van der Waals surface area contributed by atoms with E-state index in [-0.39, 0.29) is 5.41 Å². The molecule has 0 heterocycles. The van der Waals surface area contributed by atoms with Gasteiger partial charge in [0.25, 0.3) is 0 Å². The quantitative estimate of drug-likeness (QED) is 0.876. The van der Waals surface area contributed by atoms with Crippen LogP contribution in [-0.2, 0) is 6.42 Å². The van der Waals surface area contributed by atoms with E-state index in [1.165, 1.54) is 34.9 Å². The first kappa shape index (κ1) is 12.1. The van der Waals surface area contributed by atoms with Crippen molar-refractivity contribution in [3.8, 4) is 0 Å². The van der Waals surface area contributed by atoms with E-state index in [0.717, 1.165) is 6.54 Å². The summed E-state index contributed by atoms with van der Waals surface area (Å²) in [5.74, 6) is 0.594. The van der Waals surface area contributed by atoms with Gasteiger partial charge in [-0.3, -0.25) is 0 Å². The number of halogens is 1. The van der Waals surface area contributed by atoms with Crippen LogP contribution >= 0.6 is 15.9 Å². The highest BCUT2D eigenvalue weighted by molar-refractivity contribution is 9.10. The highest BCUT2D eigenvalue weighted by Crippen LogP contribution is 2.45. The zero-order valence-corrected chi connectivity index (χ0v) is 11.7. The molecule has 0 saturated heterocycles. The number of aryl methyl sites for hydroxylation is 1. The van der Waals surface area contributed by atoms with E-state index in [1.807, 2.05) is 0 Å². The number of rotatable bonds is 2. The lowest BCUT2D eigenvalue weighted by atomic mass is 9.68. The molecule has 0 saturated carbocycles. The van der Waals surface area contributed by atoms with Gasteiger partial charge >= 0.3 is 0 Å². The smallest absolute Gasteiger partial charge is 0.0213 e. The molecule has 0 radical (unpaired) electrons. The zero-order valence-electron chi connectivity index (χ0n) is 10.1. The average Bonchev–Trinajstić information content (AvgIpc) is 2.29. The summed E-state index contributed by atoms with van der Waals surface area (Å²) in [6.07, 6.45) is 3.77. The Morgan fingerprint density at radius 3 is 2.88 bits per heavy atom. The van der Waals surface area contributed by atoms with Crippen molar-refractivity contribution in [2.45, 2.75) is 39.0 Å². The molecule has 2 heteroatoms. The normalized spacial score (nSPS) is 20.6. The summed E-state index contributed by atoms with van der Waals surface area (Å²) >= 11 is 3.70. The predicted octanol–water partition coefficient (Wildman–Crippen LogP) is 3.85. The van der Waals surface area contributed by atoms with Gasteiger partial charge < -0.3 is 5.73 Å². The monoisotopic (exact) mass is 281 g/mol. The Morgan fingerprint density at radius 1 is 1.44 bits per heavy atom. The molecule has 1 unspecified atom stereocenters. The SMILES string of the molecule is CC(C)(CN)C1CCCc2cccc(Br)c21. The second-order valence-electron chi connectivity index (χ2n) is 5.45. The van der Waals surface area contributed by atoms with Gasteiger partial charge in [-0.05, 0) is 54.3 Å². The van der Waals surface area contributed by atoms with E-state index in [9.17, 15) is 0 Å². The van der Waals surface area contributed by atoms with Crippen LogP contribution in [0, 0.1) is 5.41 Å². The van der Waals surface area contributed by atoms with Gasteiger partial charge in [-0.25, -0.2) is 0 Å². The van der Waals surface area contributed by atoms with Crippen LogP contribution in [-0.4, -0.2) is 6.54 Å². The first-order chi connectivity index (χ1) is 7.56. The maximum absolute atomic E-state index is 5.93. The Bertz CT molecular complexity index is 384. The summed E-state index contributed by atoms with van der Waals surface area (Å²) in [5.41, 5.74) is 9.13. The Labute approximate surface area is 107 Å². The average molecular weight is 282 g/mol. The first-order valence-corrected chi connectivity index (χ1v) is 6.83. The molecule has 1 aromatic rings. The molecule has 1 nitrogen and oxygen atoms in total. The summed E-state index contributed by atoms with van der Waals surface area (Å²) in [7, 11) is 0. The molecule has 88 valence electrons. The summed E-state index contributed by atoms with van der Waals surface area (Å²) < 4.78 is 1.26. The maximum atomic E-state index is 5.93. The molecule has 0 spiro atoms. The summed E-state index contributed by atoms with van der Waals surface area (Å²) in [5, 5.41) is 0. The Morgan fingerprint density at radius 2 is 2.19 bits per heavy atom. The van der Waals surface area contributed by atoms with Crippen molar-refractivity contribution >= 4 is 15.9 Å². The number of nitrogens with two attached hydrogens (primary N) is 1. The molecular formula is C14H20BrN. The predicted molar refractivity (Wildman–Crippen MR) is 72.7 cm³/mol. The number of benzene rings is 1. The van der Waals surface area contributed by atoms with E-state index in [2.05, 4.69) is 48.0 Å². The van der Waals surface area contributed by atoms with Crippen LogP contribution in [0.3, 0.4) is 0 Å². The molecule has 1 aliphatic carbocycles. The highest BCUT2D eigenvalue weighted by atomic mass is 79.9. The van der Waals surface area contributed by atoms with Crippen LogP contribution < -0.4 is 5.73 Å². The molecule has 0 bridgehead atoms. The minimum Gasteiger partial charge on any atom is -0.330 e. The highest BCUT2D eigenvalue weighted by Gasteiger charge is 2.33. The van der Waals surface area contributed by atoms with Crippen molar-refractivity contribution < 1.29 is 0 Å². The molecule has 0 amide bonds. The third kappa shape index (κ3) is 2.05. The molecule has 2 N–H and O–H groups in total. The van der Waals surface area contributed by atoms with Crippen LogP contribution in [0.1, 0.15) is 43.7 Å². The standard InChI is InChI=1S/C14H20BrN/c1-14(2,9-16)11-7-3-5-10-6-4-8-12(15)13(10)11/h4,6,8,11H,3,5,7,9,16H2,1-2H3. The van der Waals surface area contributed by atoms with Crippen molar-refractivity contribution in [2.75, 3.05) is 6.54 Å². The molecule has 1 aromatic carbocycles. The largest absolute Gasteiger partial charge is 0.330 e. The van der Waals surface area contributed by atoms with Crippen molar-refractivity contribution in [1.82, 2.24) is 0 Å². The fourth-order valence-corrected chi connectivity index (χ4v) is 3.44. The Hall–Kier alpha value is -0.340. The van der Waals surface area contributed by atoms with E-state index >= 15 is 0 Å². The van der Waals surface area contributed by atoms with Crippen molar-refractivity contribution in [3.63, 3.8) is 0 Å². The van der Waals surface area contributed by atoms with E-state index in [4.69, 9.17) is 5.73 Å². The number of fused-ring (bicyclic) bond motifs is 1. The third-order valence-electron chi connectivity index (χ3n) is 3.90. The minimum atomic E-state index is 0.193. The van der Waals surface area contributed by atoms with Gasteiger partial charge in [0.2, 0.25) is 0 Å². The molecule has 2 rings (SSSR count). The third-order valence-corrected chi connectivity index (χ3v) is 4.59. The van der Waals surface area contributed by atoms with Gasteiger partial charge in [0.15, 0.2) is 0 Å². The lowest BCUT2D eigenvalue weighted by molar-refractivity contribution is 0.268. The second-order valence-corrected chi connectivity index (χ2v) is 6.30. The van der Waals surface area contributed by atoms with Gasteiger partial charge in [0, 0.05) is 4.47 Å². The first-order valence-electron chi connectivity index (χ1n) is 6.03. The lowest BCUT2D eigenvalue weighted by Gasteiger charge is -2.38. The van der Waals surface area contributed by atoms with E-state index < -0.39 is 0 Å². The minimum absolute atomic E-state index is 0.193. The van der Waals surface area contributed by atoms with Crippen LogP contribution in [0.4, 0.5) is 0 Å². The van der Waals surface area contributed by atoms with Crippen molar-refractivity contribution in [1.29, 1.82) is 0 Å². The second kappa shape index (κ2) is 4.50. The van der Waals surface area contributed by atoms with Gasteiger partial charge in [-0.2, -0.15) is 0 Å². The van der Waals surface area contributed by atoms with E-state index in [1.54, 1.807) is 0 Å². The molecule has 0 aromatic heterocycles. The van der Waals surface area contributed by atoms with Crippen LogP contribution in [0.5, 0.6) is 0 Å². The van der Waals surface area contributed by atoms with Crippen LogP contribution in [0.2, 0.25) is 0 Å². The van der Waals surface area contributed by atoms with Crippen molar-refractivity contribution in [2.24, 2.45) is 11.1 Å². The molecule has 0 aliphatic heterocycles. The fraction of sp³-hybridized carbons (Fsp3) is 0.571.